The van der Waals surface area contributed by atoms with E-state index in [1.165, 1.54) is 89.9 Å². The minimum atomic E-state index is -1.98. The number of amides is 1. The van der Waals surface area contributed by atoms with E-state index in [1.807, 2.05) is 6.08 Å². The van der Waals surface area contributed by atoms with Gasteiger partial charge in [0.15, 0.2) is 18.9 Å². The number of allylic oxidation sites excluding steroid dienone is 7. The smallest absolute Gasteiger partial charge is 0.220 e. The monoisotopic (exact) mass is 1130 g/mol. The Kier molecular flexibility index (Phi) is 39.0. The van der Waals surface area contributed by atoms with E-state index in [4.69, 9.17) is 28.4 Å². The molecule has 12 N–H and O–H groups in total. The predicted molar refractivity (Wildman–Crippen MR) is 300 cm³/mol. The first-order valence-electron chi connectivity index (χ1n) is 30.4. The van der Waals surface area contributed by atoms with Crippen LogP contribution in [-0.2, 0) is 33.2 Å². The van der Waals surface area contributed by atoms with Crippen LogP contribution in [0.5, 0.6) is 0 Å². The van der Waals surface area contributed by atoms with Crippen LogP contribution in [0, 0.1) is 0 Å². The molecule has 17 atom stereocenters. The van der Waals surface area contributed by atoms with Gasteiger partial charge in [-0.2, -0.15) is 0 Å². The lowest BCUT2D eigenvalue weighted by Crippen LogP contribution is -2.66. The van der Waals surface area contributed by atoms with Crippen molar-refractivity contribution in [2.45, 2.75) is 298 Å². The molecule has 3 fully saturated rings. The Morgan fingerprint density at radius 1 is 0.443 bits per heavy atom. The second-order valence-electron chi connectivity index (χ2n) is 21.8. The third kappa shape index (κ3) is 27.3. The summed E-state index contributed by atoms with van der Waals surface area (Å²) in [6.45, 7) is 1.61. The van der Waals surface area contributed by atoms with Gasteiger partial charge < -0.3 is 89.9 Å². The number of hydrogen-bond acceptors (Lipinski definition) is 18. The number of carbonyl (C=O) groups is 1. The molecule has 3 rings (SSSR count). The van der Waals surface area contributed by atoms with Crippen LogP contribution in [0.2, 0.25) is 0 Å². The maximum absolute atomic E-state index is 13.2. The summed E-state index contributed by atoms with van der Waals surface area (Å²) in [5, 5.41) is 120. The number of rotatable bonds is 44. The molecule has 3 aliphatic rings. The molecule has 0 aliphatic carbocycles. The van der Waals surface area contributed by atoms with E-state index >= 15 is 0 Å². The first kappa shape index (κ1) is 71.0. The molecule has 0 bridgehead atoms. The maximum Gasteiger partial charge on any atom is 0.220 e. The predicted octanol–water partition coefficient (Wildman–Crippen LogP) is 5.48. The van der Waals surface area contributed by atoms with Crippen LogP contribution in [0.15, 0.2) is 48.6 Å². The van der Waals surface area contributed by atoms with Crippen LogP contribution >= 0.6 is 0 Å². The van der Waals surface area contributed by atoms with E-state index in [0.717, 1.165) is 70.6 Å². The van der Waals surface area contributed by atoms with E-state index in [0.29, 0.717) is 12.8 Å². The number of hydrogen-bond donors (Lipinski definition) is 12. The van der Waals surface area contributed by atoms with Crippen LogP contribution in [0.1, 0.15) is 194 Å². The van der Waals surface area contributed by atoms with Gasteiger partial charge in [-0.05, 0) is 64.2 Å². The summed E-state index contributed by atoms with van der Waals surface area (Å²) < 4.78 is 34.2. The van der Waals surface area contributed by atoms with Crippen molar-refractivity contribution in [1.82, 2.24) is 5.32 Å². The summed E-state index contributed by atoms with van der Waals surface area (Å²) in [5.41, 5.74) is 0. The molecule has 0 aromatic heterocycles. The summed E-state index contributed by atoms with van der Waals surface area (Å²) in [6, 6.07) is -0.999. The number of nitrogens with one attached hydrogen (secondary N) is 1. The average Bonchev–Trinajstić information content (AvgIpc) is 3.51. The van der Waals surface area contributed by atoms with Crippen LogP contribution in [0.25, 0.3) is 0 Å². The summed E-state index contributed by atoms with van der Waals surface area (Å²) in [6.07, 6.45) is 21.2. The molecule has 79 heavy (non-hydrogen) atoms. The number of aliphatic hydroxyl groups is 11. The number of carbonyl (C=O) groups excluding carboxylic acids is 1. The first-order valence-corrected chi connectivity index (χ1v) is 30.4. The summed E-state index contributed by atoms with van der Waals surface area (Å²) in [7, 11) is 0. The van der Waals surface area contributed by atoms with Crippen molar-refractivity contribution in [2.75, 3.05) is 26.4 Å². The molecule has 0 aromatic carbocycles. The molecule has 0 aromatic rings. The van der Waals surface area contributed by atoms with Crippen LogP contribution < -0.4 is 5.32 Å². The summed E-state index contributed by atoms with van der Waals surface area (Å²) in [4.78, 5) is 13.2. The molecular formula is C60H107NO18. The second-order valence-corrected chi connectivity index (χ2v) is 21.8. The highest BCUT2D eigenvalue weighted by Crippen LogP contribution is 2.33. The van der Waals surface area contributed by atoms with Crippen LogP contribution in [0.4, 0.5) is 0 Å². The maximum atomic E-state index is 13.2. The van der Waals surface area contributed by atoms with Gasteiger partial charge in [0.25, 0.3) is 0 Å². The van der Waals surface area contributed by atoms with Gasteiger partial charge in [-0.25, -0.2) is 0 Å². The fraction of sp³-hybridized carbons (Fsp3) is 0.850. The van der Waals surface area contributed by atoms with E-state index in [-0.39, 0.29) is 18.9 Å². The van der Waals surface area contributed by atoms with Gasteiger partial charge in [0.2, 0.25) is 5.91 Å². The Bertz CT molecular complexity index is 1630. The highest BCUT2D eigenvalue weighted by atomic mass is 16.8. The summed E-state index contributed by atoms with van der Waals surface area (Å²) >= 11 is 0. The van der Waals surface area contributed by atoms with E-state index in [2.05, 4.69) is 55.6 Å². The molecule has 0 radical (unpaired) electrons. The standard InChI is InChI=1S/C60H107NO18/c1-3-5-7-9-11-13-15-16-17-18-19-20-21-22-23-24-25-26-27-28-29-31-33-35-37-44(65)43(61-48(66)38-36-34-32-30-14-12-10-8-6-4-2)42-74-58-54(72)51(69)56(46(40-63)76-58)79-60-55(73)52(70)57(47(41-64)77-60)78-59-53(71)50(68)49(67)45(39-62)75-59/h8,10,24-25,28-29,35,37,43-47,49-60,62-65,67-73H,3-7,9,11-23,26-27,30-34,36,38-42H2,1-2H3,(H,61,66)/b10-8-,25-24+,29-28+,37-35+. The third-order valence-corrected chi connectivity index (χ3v) is 15.1. The third-order valence-electron chi connectivity index (χ3n) is 15.1. The lowest BCUT2D eigenvalue weighted by atomic mass is 9.96. The molecule has 0 saturated carbocycles. The first-order chi connectivity index (χ1) is 38.3. The zero-order chi connectivity index (χ0) is 57.6. The molecule has 19 heteroatoms. The highest BCUT2D eigenvalue weighted by molar-refractivity contribution is 5.76. The van der Waals surface area contributed by atoms with Gasteiger partial charge in [0.05, 0.1) is 38.6 Å². The zero-order valence-corrected chi connectivity index (χ0v) is 47.8. The van der Waals surface area contributed by atoms with Gasteiger partial charge >= 0.3 is 0 Å². The van der Waals surface area contributed by atoms with Crippen molar-refractivity contribution in [3.8, 4) is 0 Å². The summed E-state index contributed by atoms with van der Waals surface area (Å²) in [5.74, 6) is -0.304. The minimum Gasteiger partial charge on any atom is -0.394 e. The largest absolute Gasteiger partial charge is 0.394 e. The molecular weight excluding hydrogens is 1020 g/mol. The van der Waals surface area contributed by atoms with Crippen LogP contribution in [-0.4, -0.2) is 193 Å². The Balaban J connectivity index is 1.48. The van der Waals surface area contributed by atoms with Gasteiger partial charge in [-0.1, -0.05) is 172 Å². The normalized spacial score (nSPS) is 30.6. The fourth-order valence-corrected chi connectivity index (χ4v) is 10.0. The van der Waals surface area contributed by atoms with Gasteiger partial charge in [-0.3, -0.25) is 4.79 Å². The Hall–Kier alpha value is -2.25. The molecule has 1 amide bonds. The SMILES string of the molecule is CCC/C=C\CCCCCCCC(=O)NC(COC1OC(CO)C(OC2OC(CO)C(OC3OC(CO)C(O)C(O)C3O)C(O)C2O)C(O)C1O)C(O)/C=C/CC/C=C/CC/C=C/CCCCCCCCCCCCCCCC. The molecule has 19 nitrogen and oxygen atoms in total. The Morgan fingerprint density at radius 2 is 0.835 bits per heavy atom. The Labute approximate surface area is 472 Å². The lowest BCUT2D eigenvalue weighted by molar-refractivity contribution is -0.379. The van der Waals surface area contributed by atoms with Crippen molar-refractivity contribution >= 4 is 5.91 Å². The van der Waals surface area contributed by atoms with Crippen molar-refractivity contribution in [2.24, 2.45) is 0 Å². The molecule has 17 unspecified atom stereocenters. The molecule has 3 aliphatic heterocycles. The topological polar surface area (TPSA) is 307 Å². The van der Waals surface area contributed by atoms with Crippen LogP contribution in [0.3, 0.4) is 0 Å². The van der Waals surface area contributed by atoms with Crippen molar-refractivity contribution < 1.29 is 89.4 Å². The second kappa shape index (κ2) is 43.4. The van der Waals surface area contributed by atoms with Crippen molar-refractivity contribution in [1.29, 1.82) is 0 Å². The van der Waals surface area contributed by atoms with E-state index in [9.17, 15) is 61.0 Å². The molecule has 0 spiro atoms. The molecule has 3 saturated heterocycles. The number of unbranched alkanes of at least 4 members (excludes halogenated alkanes) is 22. The van der Waals surface area contributed by atoms with E-state index < -0.39 is 124 Å². The number of aliphatic hydroxyl groups excluding tert-OH is 11. The zero-order valence-electron chi connectivity index (χ0n) is 47.8. The highest BCUT2D eigenvalue weighted by Gasteiger charge is 2.53. The van der Waals surface area contributed by atoms with Gasteiger partial charge in [0, 0.05) is 6.42 Å². The van der Waals surface area contributed by atoms with Crippen molar-refractivity contribution in [3.63, 3.8) is 0 Å². The fourth-order valence-electron chi connectivity index (χ4n) is 10.0. The van der Waals surface area contributed by atoms with Gasteiger partial charge in [0.1, 0.15) is 73.2 Å². The average molecular weight is 1130 g/mol. The quantitative estimate of drug-likeness (QED) is 0.0265. The van der Waals surface area contributed by atoms with E-state index in [1.54, 1.807) is 6.08 Å². The lowest BCUT2D eigenvalue weighted by Gasteiger charge is -2.48. The minimum absolute atomic E-state index is 0.219. The molecule has 460 valence electrons. The molecule has 3 heterocycles. The number of ether oxygens (including phenoxy) is 6. The van der Waals surface area contributed by atoms with Crippen molar-refractivity contribution in [3.05, 3.63) is 48.6 Å². The van der Waals surface area contributed by atoms with Gasteiger partial charge in [-0.15, -0.1) is 0 Å². The Morgan fingerprint density at radius 3 is 1.32 bits per heavy atom.